The number of hydrogen-bond donors (Lipinski definition) is 1. The van der Waals surface area contributed by atoms with E-state index in [1.165, 1.54) is 11.1 Å². The Kier molecular flexibility index (Phi) is 5.13. The molecule has 1 amide bonds. The van der Waals surface area contributed by atoms with Crippen molar-refractivity contribution in [3.63, 3.8) is 0 Å². The van der Waals surface area contributed by atoms with Gasteiger partial charge in [-0.25, -0.2) is 0 Å². The molecule has 7 heteroatoms. The first-order chi connectivity index (χ1) is 13.9. The maximum absolute atomic E-state index is 13.3. The van der Waals surface area contributed by atoms with Gasteiger partial charge in [-0.15, -0.1) is 0 Å². The third kappa shape index (κ3) is 3.53. The number of ketones is 1. The van der Waals surface area contributed by atoms with Crippen molar-refractivity contribution in [3.05, 3.63) is 93.7 Å². The van der Waals surface area contributed by atoms with Gasteiger partial charge >= 0.3 is 0 Å². The molecule has 2 aromatic carbocycles. The van der Waals surface area contributed by atoms with E-state index in [2.05, 4.69) is 4.98 Å². The zero-order chi connectivity index (χ0) is 20.6. The molecule has 0 fully saturated rings. The summed E-state index contributed by atoms with van der Waals surface area (Å²) in [5, 5.41) is 12.2. The van der Waals surface area contributed by atoms with Crippen molar-refractivity contribution in [2.75, 3.05) is 4.90 Å². The zero-order valence-electron chi connectivity index (χ0n) is 15.2. The summed E-state index contributed by atoms with van der Waals surface area (Å²) < 4.78 is 0. The predicted molar refractivity (Wildman–Crippen MR) is 111 cm³/mol. The lowest BCUT2D eigenvalue weighted by atomic mass is 9.88. The molecule has 0 unspecified atom stereocenters. The van der Waals surface area contributed by atoms with Crippen LogP contribution in [0.25, 0.3) is 0 Å². The fourth-order valence-corrected chi connectivity index (χ4v) is 3.99. The van der Waals surface area contributed by atoms with Gasteiger partial charge < -0.3 is 10.0 Å². The van der Waals surface area contributed by atoms with Gasteiger partial charge in [0.25, 0.3) is 5.91 Å². The molecular weight excluding hydrogens is 411 g/mol. The van der Waals surface area contributed by atoms with Crippen molar-refractivity contribution >= 4 is 40.6 Å². The molecule has 29 heavy (non-hydrogen) atoms. The highest BCUT2D eigenvalue weighted by Gasteiger charge is 2.50. The molecule has 1 aromatic heterocycles. The molecule has 1 N–H and O–H groups in total. The summed E-state index contributed by atoms with van der Waals surface area (Å²) in [5.74, 6) is -0.933. The Labute approximate surface area is 177 Å². The number of carbonyl (C=O) groups is 2. The minimum absolute atomic E-state index is 0.148. The lowest BCUT2D eigenvalue weighted by molar-refractivity contribution is -0.136. The average Bonchev–Trinajstić information content (AvgIpc) is 2.92. The molecule has 0 saturated carbocycles. The van der Waals surface area contributed by atoms with E-state index in [0.717, 1.165) is 0 Å². The van der Waals surface area contributed by atoms with Crippen LogP contribution in [0, 0.1) is 0 Å². The van der Waals surface area contributed by atoms with Crippen LogP contribution in [-0.2, 0) is 16.9 Å². The number of rotatable bonds is 5. The molecule has 0 bridgehead atoms. The molecule has 146 valence electrons. The molecule has 4 rings (SSSR count). The van der Waals surface area contributed by atoms with Gasteiger partial charge in [-0.1, -0.05) is 47.5 Å². The quantitative estimate of drug-likeness (QED) is 0.613. The van der Waals surface area contributed by atoms with Crippen molar-refractivity contribution < 1.29 is 14.7 Å². The van der Waals surface area contributed by atoms with Gasteiger partial charge in [0.15, 0.2) is 11.4 Å². The lowest BCUT2D eigenvalue weighted by Crippen LogP contribution is -2.41. The van der Waals surface area contributed by atoms with Crippen molar-refractivity contribution in [2.24, 2.45) is 0 Å². The number of nitrogens with zero attached hydrogens (tertiary/aromatic N) is 2. The van der Waals surface area contributed by atoms with E-state index in [-0.39, 0.29) is 18.7 Å². The minimum atomic E-state index is -1.96. The molecule has 5 nitrogen and oxygen atoms in total. The molecule has 2 heterocycles. The number of fused-ring (bicyclic) bond motifs is 1. The Morgan fingerprint density at radius 2 is 1.90 bits per heavy atom. The number of amides is 1. The molecule has 1 aliphatic heterocycles. The summed E-state index contributed by atoms with van der Waals surface area (Å²) in [4.78, 5) is 31.4. The fourth-order valence-electron chi connectivity index (χ4n) is 3.52. The number of aliphatic hydroxyl groups is 1. The fraction of sp³-hybridized carbons (Fsp3) is 0.136. The second-order valence-electron chi connectivity index (χ2n) is 6.85. The van der Waals surface area contributed by atoms with Crippen molar-refractivity contribution in [1.29, 1.82) is 0 Å². The van der Waals surface area contributed by atoms with E-state index in [1.807, 2.05) is 0 Å². The summed E-state index contributed by atoms with van der Waals surface area (Å²) >= 11 is 12.2. The topological polar surface area (TPSA) is 70.5 Å². The van der Waals surface area contributed by atoms with Crippen LogP contribution in [0.15, 0.2) is 67.0 Å². The SMILES string of the molecule is O=C(C[C@@]1(O)C(=O)N(Cc2ccc(Cl)cc2Cl)c2ccccc21)c1cccnc1. The minimum Gasteiger partial charge on any atom is -0.375 e. The van der Waals surface area contributed by atoms with Crippen molar-refractivity contribution in [3.8, 4) is 0 Å². The molecular formula is C22H16Cl2N2O3. The highest BCUT2D eigenvalue weighted by atomic mass is 35.5. The van der Waals surface area contributed by atoms with E-state index in [0.29, 0.717) is 32.4 Å². The maximum Gasteiger partial charge on any atom is 0.264 e. The third-order valence-corrected chi connectivity index (χ3v) is 5.57. The Hall–Kier alpha value is -2.73. The van der Waals surface area contributed by atoms with Gasteiger partial charge in [-0.3, -0.25) is 14.6 Å². The predicted octanol–water partition coefficient (Wildman–Crippen LogP) is 4.40. The van der Waals surface area contributed by atoms with Crippen LogP contribution in [0.4, 0.5) is 5.69 Å². The second-order valence-corrected chi connectivity index (χ2v) is 7.69. The van der Waals surface area contributed by atoms with Crippen LogP contribution >= 0.6 is 23.2 Å². The lowest BCUT2D eigenvalue weighted by Gasteiger charge is -2.23. The van der Waals surface area contributed by atoms with E-state index >= 15 is 0 Å². The number of benzene rings is 2. The monoisotopic (exact) mass is 426 g/mol. The summed E-state index contributed by atoms with van der Waals surface area (Å²) in [5.41, 5.74) is 0.00683. The van der Waals surface area contributed by atoms with Gasteiger partial charge in [0.05, 0.1) is 18.7 Å². The molecule has 3 aromatic rings. The number of halogens is 2. The second kappa shape index (κ2) is 7.59. The molecule has 0 spiro atoms. The number of aromatic nitrogens is 1. The molecule has 1 atom stereocenters. The Balaban J connectivity index is 1.69. The summed E-state index contributed by atoms with van der Waals surface area (Å²) in [7, 11) is 0. The van der Waals surface area contributed by atoms with Gasteiger partial charge in [-0.05, 0) is 35.9 Å². The summed E-state index contributed by atoms with van der Waals surface area (Å²) in [6.45, 7) is 0.148. The van der Waals surface area contributed by atoms with Crippen LogP contribution < -0.4 is 4.90 Å². The number of carbonyl (C=O) groups excluding carboxylic acids is 2. The number of Topliss-reactive ketones (excluding diaryl/α,β-unsaturated/α-hetero) is 1. The molecule has 0 saturated heterocycles. The highest BCUT2D eigenvalue weighted by Crippen LogP contribution is 2.43. The summed E-state index contributed by atoms with van der Waals surface area (Å²) in [6.07, 6.45) is 2.60. The van der Waals surface area contributed by atoms with Crippen LogP contribution in [-0.4, -0.2) is 21.8 Å². The molecule has 1 aliphatic rings. The van der Waals surface area contributed by atoms with E-state index in [9.17, 15) is 14.7 Å². The van der Waals surface area contributed by atoms with Gasteiger partial charge in [0.1, 0.15) is 0 Å². The summed E-state index contributed by atoms with van der Waals surface area (Å²) in [6, 6.07) is 15.2. The largest absolute Gasteiger partial charge is 0.375 e. The number of para-hydroxylation sites is 1. The highest BCUT2D eigenvalue weighted by molar-refractivity contribution is 6.35. The van der Waals surface area contributed by atoms with Crippen molar-refractivity contribution in [1.82, 2.24) is 4.98 Å². The zero-order valence-corrected chi connectivity index (χ0v) is 16.7. The van der Waals surface area contributed by atoms with Crippen LogP contribution in [0.3, 0.4) is 0 Å². The van der Waals surface area contributed by atoms with E-state index in [4.69, 9.17) is 23.2 Å². The molecule has 0 radical (unpaired) electrons. The number of anilines is 1. The average molecular weight is 427 g/mol. The van der Waals surface area contributed by atoms with E-state index in [1.54, 1.807) is 60.8 Å². The maximum atomic E-state index is 13.3. The first kappa shape index (κ1) is 19.6. The Morgan fingerprint density at radius 1 is 1.10 bits per heavy atom. The van der Waals surface area contributed by atoms with E-state index < -0.39 is 11.5 Å². The van der Waals surface area contributed by atoms with Gasteiger partial charge in [0.2, 0.25) is 0 Å². The number of hydrogen-bond acceptors (Lipinski definition) is 4. The standard InChI is InChI=1S/C22H16Cl2N2O3/c23-16-8-7-15(18(24)10-16)13-26-19-6-2-1-5-17(19)22(29,21(26)28)11-20(27)14-4-3-9-25-12-14/h1-10,12,29H,11,13H2/t22-/m0/s1. The first-order valence-corrected chi connectivity index (χ1v) is 9.67. The van der Waals surface area contributed by atoms with Gasteiger partial charge in [-0.2, -0.15) is 0 Å². The third-order valence-electron chi connectivity index (χ3n) is 4.98. The van der Waals surface area contributed by atoms with Gasteiger partial charge in [0, 0.05) is 33.6 Å². The normalized spacial score (nSPS) is 18.0. The van der Waals surface area contributed by atoms with Crippen LogP contribution in [0.5, 0.6) is 0 Å². The van der Waals surface area contributed by atoms with Crippen LogP contribution in [0.2, 0.25) is 10.0 Å². The van der Waals surface area contributed by atoms with Crippen molar-refractivity contribution in [2.45, 2.75) is 18.6 Å². The smallest absolute Gasteiger partial charge is 0.264 e. The Bertz CT molecular complexity index is 1100. The first-order valence-electron chi connectivity index (χ1n) is 8.91. The number of pyridine rings is 1. The Morgan fingerprint density at radius 3 is 2.62 bits per heavy atom. The van der Waals surface area contributed by atoms with Crippen LogP contribution in [0.1, 0.15) is 27.9 Å². The molecule has 0 aliphatic carbocycles.